The predicted molar refractivity (Wildman–Crippen MR) is 64.5 cm³/mol. The molecule has 1 aliphatic rings. The second kappa shape index (κ2) is 4.68. The van der Waals surface area contributed by atoms with Crippen LogP contribution in [0.3, 0.4) is 0 Å². The molecule has 1 aromatic rings. The first-order chi connectivity index (χ1) is 8.50. The molecule has 2 N–H and O–H groups in total. The number of phenolic OH excluding ortho intramolecular Hbond substituents is 1. The number of carbonyl (C=O) groups excluding carboxylic acids is 1. The summed E-state index contributed by atoms with van der Waals surface area (Å²) in [7, 11) is 0. The Morgan fingerprint density at radius 2 is 2.11 bits per heavy atom. The van der Waals surface area contributed by atoms with Crippen LogP contribution < -0.4 is 0 Å². The van der Waals surface area contributed by atoms with Crippen molar-refractivity contribution < 1.29 is 19.8 Å². The van der Waals surface area contributed by atoms with Gasteiger partial charge in [-0.3, -0.25) is 4.79 Å². The van der Waals surface area contributed by atoms with E-state index >= 15 is 0 Å². The Morgan fingerprint density at radius 3 is 2.72 bits per heavy atom. The predicted octanol–water partition coefficient (Wildman–Crippen LogP) is 1.39. The Hall–Kier alpha value is -2.04. The lowest BCUT2D eigenvalue weighted by Gasteiger charge is -2.21. The maximum absolute atomic E-state index is 12.2. The van der Waals surface area contributed by atoms with E-state index in [0.29, 0.717) is 19.4 Å². The van der Waals surface area contributed by atoms with Crippen LogP contribution in [0.15, 0.2) is 18.2 Å². The molecule has 0 bridgehead atoms. The Balaban J connectivity index is 2.28. The average Bonchev–Trinajstić information content (AvgIpc) is 2.77. The monoisotopic (exact) mass is 249 g/mol. The van der Waals surface area contributed by atoms with Gasteiger partial charge in [-0.1, -0.05) is 6.07 Å². The van der Waals surface area contributed by atoms with Crippen molar-refractivity contribution in [3.8, 4) is 5.75 Å². The first-order valence-electron chi connectivity index (χ1n) is 5.84. The fourth-order valence-electron chi connectivity index (χ4n) is 2.24. The van der Waals surface area contributed by atoms with Gasteiger partial charge in [0, 0.05) is 6.54 Å². The molecule has 5 nitrogen and oxygen atoms in total. The zero-order valence-electron chi connectivity index (χ0n) is 10.1. The van der Waals surface area contributed by atoms with Gasteiger partial charge in [0.15, 0.2) is 0 Å². The topological polar surface area (TPSA) is 77.8 Å². The van der Waals surface area contributed by atoms with Crippen LogP contribution in [0.5, 0.6) is 5.75 Å². The summed E-state index contributed by atoms with van der Waals surface area (Å²) in [4.78, 5) is 24.5. The van der Waals surface area contributed by atoms with Crippen LogP contribution in [0.2, 0.25) is 0 Å². The van der Waals surface area contributed by atoms with Gasteiger partial charge in [-0.2, -0.15) is 0 Å². The first kappa shape index (κ1) is 12.4. The van der Waals surface area contributed by atoms with Crippen molar-refractivity contribution in [1.29, 1.82) is 0 Å². The number of carbonyl (C=O) groups is 2. The molecular formula is C13H15NO4. The highest BCUT2D eigenvalue weighted by molar-refractivity contribution is 5.99. The zero-order valence-corrected chi connectivity index (χ0v) is 10.1. The molecule has 1 aromatic carbocycles. The van der Waals surface area contributed by atoms with Crippen molar-refractivity contribution in [2.45, 2.75) is 25.8 Å². The molecule has 1 atom stereocenters. The third-order valence-electron chi connectivity index (χ3n) is 3.18. The lowest BCUT2D eigenvalue weighted by Crippen LogP contribution is -2.40. The van der Waals surface area contributed by atoms with Crippen LogP contribution in [-0.4, -0.2) is 39.6 Å². The van der Waals surface area contributed by atoms with Crippen LogP contribution in [-0.2, 0) is 4.79 Å². The van der Waals surface area contributed by atoms with E-state index in [9.17, 15) is 14.7 Å². The number of amides is 1. The van der Waals surface area contributed by atoms with Gasteiger partial charge in [-0.05, 0) is 37.5 Å². The van der Waals surface area contributed by atoms with Gasteiger partial charge >= 0.3 is 5.97 Å². The highest BCUT2D eigenvalue weighted by Crippen LogP contribution is 2.25. The third kappa shape index (κ3) is 2.16. The summed E-state index contributed by atoms with van der Waals surface area (Å²) in [6.45, 7) is 2.23. The second-order valence-electron chi connectivity index (χ2n) is 4.52. The second-order valence-corrected chi connectivity index (χ2v) is 4.52. The van der Waals surface area contributed by atoms with Crippen LogP contribution in [0.4, 0.5) is 0 Å². The minimum Gasteiger partial charge on any atom is -0.507 e. The van der Waals surface area contributed by atoms with Crippen molar-refractivity contribution >= 4 is 11.9 Å². The Labute approximate surface area is 105 Å². The molecule has 1 saturated heterocycles. The minimum absolute atomic E-state index is 0.101. The summed E-state index contributed by atoms with van der Waals surface area (Å²) < 4.78 is 0. The largest absolute Gasteiger partial charge is 0.507 e. The molecule has 5 heteroatoms. The number of hydrogen-bond donors (Lipinski definition) is 2. The number of phenols is 1. The summed E-state index contributed by atoms with van der Waals surface area (Å²) in [6.07, 6.45) is 1.14. The van der Waals surface area contributed by atoms with Gasteiger partial charge in [-0.25, -0.2) is 4.79 Å². The van der Waals surface area contributed by atoms with Crippen LogP contribution in [0.25, 0.3) is 0 Å². The standard InChI is InChI=1S/C13H15NO4/c1-8-4-5-9(11(15)7-8)12(16)14-6-2-3-10(14)13(17)18/h4-5,7,10,15H,2-3,6H2,1H3,(H,17,18). The summed E-state index contributed by atoms with van der Waals surface area (Å²) in [6, 6.07) is 3.97. The summed E-state index contributed by atoms with van der Waals surface area (Å²) in [5.41, 5.74) is 1.01. The van der Waals surface area contributed by atoms with E-state index in [-0.39, 0.29) is 11.3 Å². The molecule has 2 rings (SSSR count). The number of likely N-dealkylation sites (tertiary alicyclic amines) is 1. The van der Waals surface area contributed by atoms with Gasteiger partial charge in [-0.15, -0.1) is 0 Å². The number of nitrogens with zero attached hydrogens (tertiary/aromatic N) is 1. The van der Waals surface area contributed by atoms with Gasteiger partial charge < -0.3 is 15.1 Å². The number of benzene rings is 1. The first-order valence-corrected chi connectivity index (χ1v) is 5.84. The number of aryl methyl sites for hydroxylation is 1. The van der Waals surface area contributed by atoms with E-state index in [1.165, 1.54) is 17.0 Å². The Morgan fingerprint density at radius 1 is 1.39 bits per heavy atom. The number of hydrogen-bond acceptors (Lipinski definition) is 3. The molecule has 0 spiro atoms. The van der Waals surface area contributed by atoms with Crippen molar-refractivity contribution in [2.24, 2.45) is 0 Å². The summed E-state index contributed by atoms with van der Waals surface area (Å²) in [5, 5.41) is 18.8. The number of aromatic hydroxyl groups is 1. The van der Waals surface area contributed by atoms with E-state index in [4.69, 9.17) is 5.11 Å². The zero-order chi connectivity index (χ0) is 13.3. The van der Waals surface area contributed by atoms with Crippen LogP contribution >= 0.6 is 0 Å². The van der Waals surface area contributed by atoms with Gasteiger partial charge in [0.2, 0.25) is 0 Å². The van der Waals surface area contributed by atoms with Crippen molar-refractivity contribution in [1.82, 2.24) is 4.90 Å². The molecule has 0 saturated carbocycles. The minimum atomic E-state index is -0.993. The van der Waals surface area contributed by atoms with Crippen molar-refractivity contribution in [2.75, 3.05) is 6.54 Å². The molecular weight excluding hydrogens is 234 g/mol. The average molecular weight is 249 g/mol. The van der Waals surface area contributed by atoms with Gasteiger partial charge in [0.05, 0.1) is 5.56 Å². The summed E-state index contributed by atoms with van der Waals surface area (Å²) >= 11 is 0. The van der Waals surface area contributed by atoms with E-state index < -0.39 is 17.9 Å². The van der Waals surface area contributed by atoms with Crippen molar-refractivity contribution in [3.05, 3.63) is 29.3 Å². The molecule has 1 amide bonds. The van der Waals surface area contributed by atoms with Crippen LogP contribution in [0.1, 0.15) is 28.8 Å². The van der Waals surface area contributed by atoms with E-state index in [1.807, 2.05) is 6.92 Å². The SMILES string of the molecule is Cc1ccc(C(=O)N2CCCC2C(=O)O)c(O)c1. The van der Waals surface area contributed by atoms with Gasteiger partial charge in [0.1, 0.15) is 11.8 Å². The number of rotatable bonds is 2. The maximum Gasteiger partial charge on any atom is 0.326 e. The molecule has 1 aliphatic heterocycles. The third-order valence-corrected chi connectivity index (χ3v) is 3.18. The summed E-state index contributed by atoms with van der Waals surface area (Å²) in [5.74, 6) is -1.51. The van der Waals surface area contributed by atoms with E-state index in [0.717, 1.165) is 5.56 Å². The number of carboxylic acid groups (broad SMARTS) is 1. The fraction of sp³-hybridized carbons (Fsp3) is 0.385. The van der Waals surface area contributed by atoms with Crippen LogP contribution in [0, 0.1) is 6.92 Å². The number of aliphatic carboxylic acids is 1. The molecule has 1 fully saturated rings. The molecule has 96 valence electrons. The van der Waals surface area contributed by atoms with E-state index in [1.54, 1.807) is 6.07 Å². The molecule has 0 radical (unpaired) electrons. The fourth-order valence-corrected chi connectivity index (χ4v) is 2.24. The molecule has 18 heavy (non-hydrogen) atoms. The molecule has 0 aromatic heterocycles. The Bertz CT molecular complexity index is 498. The lowest BCUT2D eigenvalue weighted by atomic mass is 10.1. The Kier molecular flexibility index (Phi) is 3.23. The molecule has 0 aliphatic carbocycles. The lowest BCUT2D eigenvalue weighted by molar-refractivity contribution is -0.141. The highest BCUT2D eigenvalue weighted by Gasteiger charge is 2.35. The number of carboxylic acids is 1. The quantitative estimate of drug-likeness (QED) is 0.830. The highest BCUT2D eigenvalue weighted by atomic mass is 16.4. The van der Waals surface area contributed by atoms with E-state index in [2.05, 4.69) is 0 Å². The maximum atomic E-state index is 12.2. The molecule has 1 heterocycles. The normalized spacial score (nSPS) is 18.9. The van der Waals surface area contributed by atoms with Crippen molar-refractivity contribution in [3.63, 3.8) is 0 Å². The van der Waals surface area contributed by atoms with Gasteiger partial charge in [0.25, 0.3) is 5.91 Å². The molecule has 1 unspecified atom stereocenters. The smallest absolute Gasteiger partial charge is 0.326 e.